The second-order valence-electron chi connectivity index (χ2n) is 8.14. The summed E-state index contributed by atoms with van der Waals surface area (Å²) in [7, 11) is 0. The van der Waals surface area contributed by atoms with Crippen molar-refractivity contribution in [1.82, 2.24) is 15.2 Å². The number of rotatable bonds is 3. The minimum Gasteiger partial charge on any atom is -0.444 e. The maximum atomic E-state index is 12.8. The number of amides is 2. The Balaban J connectivity index is 1.71. The van der Waals surface area contributed by atoms with Gasteiger partial charge in [0.15, 0.2) is 5.75 Å². The molecule has 0 radical (unpaired) electrons. The molecule has 10 heteroatoms. The Hall–Kier alpha value is -2.00. The zero-order chi connectivity index (χ0) is 20.9. The van der Waals surface area contributed by atoms with Crippen molar-refractivity contribution in [3.8, 4) is 5.75 Å². The minimum absolute atomic E-state index is 0.207. The summed E-state index contributed by atoms with van der Waals surface area (Å²) in [5.41, 5.74) is -0.671. The normalized spacial score (nSPS) is 25.6. The summed E-state index contributed by atoms with van der Waals surface area (Å²) in [4.78, 5) is 42.8. The standard InChI is InChI=1S/C18H22ClN3O5S/c1-17(2,3)27-16(25)21-11-13(23)22-12(18(4,5)28-14(11)22)15(24)26-10-6-9(19)7-20-8-10/h6-8,11-12,14H,1-5H3,(H,21,25)/t11-,12+,14-/m1/s1. The Bertz CT molecular complexity index is 826. The van der Waals surface area contributed by atoms with E-state index in [1.54, 1.807) is 20.8 Å². The van der Waals surface area contributed by atoms with Gasteiger partial charge in [0.05, 0.1) is 11.2 Å². The van der Waals surface area contributed by atoms with Gasteiger partial charge in [0, 0.05) is 17.0 Å². The largest absolute Gasteiger partial charge is 0.444 e. The van der Waals surface area contributed by atoms with Crippen LogP contribution in [0, 0.1) is 0 Å². The molecule has 2 fully saturated rings. The Kier molecular flexibility index (Phi) is 5.26. The first-order chi connectivity index (χ1) is 12.9. The average Bonchev–Trinajstić information content (AvgIpc) is 2.79. The quantitative estimate of drug-likeness (QED) is 0.584. The molecule has 1 N–H and O–H groups in total. The highest BCUT2D eigenvalue weighted by atomic mass is 35.5. The fraction of sp³-hybridized carbons (Fsp3) is 0.556. The van der Waals surface area contributed by atoms with Crippen LogP contribution in [0.1, 0.15) is 34.6 Å². The number of hydrogen-bond acceptors (Lipinski definition) is 7. The van der Waals surface area contributed by atoms with Gasteiger partial charge in [-0.2, -0.15) is 0 Å². The predicted octanol–water partition coefficient (Wildman–Crippen LogP) is 2.60. The van der Waals surface area contributed by atoms with Crippen LogP contribution in [-0.2, 0) is 14.3 Å². The number of aromatic nitrogens is 1. The number of halogens is 1. The van der Waals surface area contributed by atoms with Crippen molar-refractivity contribution in [3.63, 3.8) is 0 Å². The molecule has 1 aromatic rings. The number of β-lactam (4-membered cyclic amide) rings is 1. The highest BCUT2D eigenvalue weighted by Crippen LogP contribution is 2.51. The van der Waals surface area contributed by atoms with Crippen LogP contribution in [0.5, 0.6) is 5.75 Å². The average molecular weight is 428 g/mol. The van der Waals surface area contributed by atoms with Crippen molar-refractivity contribution in [3.05, 3.63) is 23.5 Å². The molecule has 28 heavy (non-hydrogen) atoms. The zero-order valence-electron chi connectivity index (χ0n) is 16.2. The lowest BCUT2D eigenvalue weighted by atomic mass is 9.96. The van der Waals surface area contributed by atoms with Crippen LogP contribution in [-0.4, -0.2) is 55.7 Å². The maximum Gasteiger partial charge on any atom is 0.408 e. The molecule has 3 heterocycles. The molecule has 2 aliphatic rings. The second-order valence-corrected chi connectivity index (χ2v) is 10.4. The van der Waals surface area contributed by atoms with Crippen molar-refractivity contribution >= 4 is 41.3 Å². The van der Waals surface area contributed by atoms with Gasteiger partial charge in [0.25, 0.3) is 0 Å². The van der Waals surface area contributed by atoms with Crippen LogP contribution in [0.3, 0.4) is 0 Å². The van der Waals surface area contributed by atoms with Gasteiger partial charge < -0.3 is 19.7 Å². The number of ether oxygens (including phenoxy) is 2. The summed E-state index contributed by atoms with van der Waals surface area (Å²) in [5, 5.41) is 2.56. The van der Waals surface area contributed by atoms with Gasteiger partial charge in [0.2, 0.25) is 5.91 Å². The number of carbonyl (C=O) groups excluding carboxylic acids is 3. The van der Waals surface area contributed by atoms with Crippen LogP contribution >= 0.6 is 23.4 Å². The molecule has 0 spiro atoms. The summed E-state index contributed by atoms with van der Waals surface area (Å²) in [6, 6.07) is -0.0699. The van der Waals surface area contributed by atoms with E-state index in [-0.39, 0.29) is 17.0 Å². The molecule has 0 aromatic carbocycles. The number of pyridine rings is 1. The van der Waals surface area contributed by atoms with Gasteiger partial charge >= 0.3 is 12.1 Å². The Labute approximate surface area is 172 Å². The van der Waals surface area contributed by atoms with Gasteiger partial charge in [-0.3, -0.25) is 9.78 Å². The van der Waals surface area contributed by atoms with E-state index in [9.17, 15) is 14.4 Å². The monoisotopic (exact) mass is 427 g/mol. The topological polar surface area (TPSA) is 97.8 Å². The predicted molar refractivity (Wildman–Crippen MR) is 104 cm³/mol. The van der Waals surface area contributed by atoms with Crippen molar-refractivity contribution in [1.29, 1.82) is 0 Å². The molecule has 0 saturated carbocycles. The van der Waals surface area contributed by atoms with Crippen molar-refractivity contribution in [2.75, 3.05) is 0 Å². The molecule has 0 aliphatic carbocycles. The lowest BCUT2D eigenvalue weighted by Gasteiger charge is -2.43. The smallest absolute Gasteiger partial charge is 0.408 e. The molecule has 0 unspecified atom stereocenters. The highest BCUT2D eigenvalue weighted by Gasteiger charge is 2.64. The molecule has 152 valence electrons. The molecule has 1 aromatic heterocycles. The van der Waals surface area contributed by atoms with E-state index < -0.39 is 34.5 Å². The Morgan fingerprint density at radius 3 is 2.61 bits per heavy atom. The van der Waals surface area contributed by atoms with Gasteiger partial charge in [-0.05, 0) is 34.6 Å². The Morgan fingerprint density at radius 2 is 2.00 bits per heavy atom. The van der Waals surface area contributed by atoms with Gasteiger partial charge in [-0.1, -0.05) is 11.6 Å². The van der Waals surface area contributed by atoms with Crippen molar-refractivity contribution < 1.29 is 23.9 Å². The number of fused-ring (bicyclic) bond motifs is 1. The first-order valence-electron chi connectivity index (χ1n) is 8.71. The molecule has 2 amide bonds. The number of alkyl carbamates (subject to hydrolysis) is 1. The number of hydrogen-bond donors (Lipinski definition) is 1. The summed E-state index contributed by atoms with van der Waals surface area (Å²) in [6.45, 7) is 8.94. The number of thioether (sulfide) groups is 1. The molecular formula is C18H22ClN3O5S. The third-order valence-corrected chi connectivity index (χ3v) is 6.01. The maximum absolute atomic E-state index is 12.8. The molecule has 2 saturated heterocycles. The van der Waals surface area contributed by atoms with Crippen molar-refractivity contribution in [2.24, 2.45) is 0 Å². The van der Waals surface area contributed by atoms with E-state index in [0.717, 1.165) is 0 Å². The van der Waals surface area contributed by atoms with E-state index in [2.05, 4.69) is 10.3 Å². The lowest BCUT2D eigenvalue weighted by molar-refractivity contribution is -0.158. The number of carbonyl (C=O) groups is 3. The van der Waals surface area contributed by atoms with Gasteiger partial charge in [0.1, 0.15) is 23.1 Å². The van der Waals surface area contributed by atoms with E-state index in [0.29, 0.717) is 5.02 Å². The molecule has 0 bridgehead atoms. The lowest BCUT2D eigenvalue weighted by Crippen LogP contribution is -2.71. The van der Waals surface area contributed by atoms with Gasteiger partial charge in [-0.15, -0.1) is 11.8 Å². The number of nitrogens with zero attached hydrogens (tertiary/aromatic N) is 2. The van der Waals surface area contributed by atoms with E-state index >= 15 is 0 Å². The number of esters is 1. The SMILES string of the molecule is CC(C)(C)OC(=O)N[C@@H]1C(=O)N2[C@@H]1SC(C)(C)[C@@H]2C(=O)Oc1cncc(Cl)c1. The summed E-state index contributed by atoms with van der Waals surface area (Å²) >= 11 is 7.30. The van der Waals surface area contributed by atoms with E-state index in [1.807, 2.05) is 13.8 Å². The molecule has 3 rings (SSSR count). The minimum atomic E-state index is -0.800. The van der Waals surface area contributed by atoms with Crippen molar-refractivity contribution in [2.45, 2.75) is 62.4 Å². The first kappa shape index (κ1) is 20.7. The van der Waals surface area contributed by atoms with E-state index in [4.69, 9.17) is 21.1 Å². The second kappa shape index (κ2) is 7.11. The molecule has 2 aliphatic heterocycles. The highest BCUT2D eigenvalue weighted by molar-refractivity contribution is 8.01. The summed E-state index contributed by atoms with van der Waals surface area (Å²) in [6.07, 6.45) is 2.14. The first-order valence-corrected chi connectivity index (χ1v) is 9.96. The molecular weight excluding hydrogens is 406 g/mol. The fourth-order valence-electron chi connectivity index (χ4n) is 3.18. The summed E-state index contributed by atoms with van der Waals surface area (Å²) < 4.78 is 10.0. The van der Waals surface area contributed by atoms with Crippen LogP contribution in [0.4, 0.5) is 4.79 Å². The number of nitrogens with one attached hydrogen (secondary N) is 1. The third kappa shape index (κ3) is 4.05. The van der Waals surface area contributed by atoms with Crippen LogP contribution in [0.15, 0.2) is 18.5 Å². The van der Waals surface area contributed by atoms with Crippen LogP contribution < -0.4 is 10.1 Å². The van der Waals surface area contributed by atoms with Crippen LogP contribution in [0.25, 0.3) is 0 Å². The molecule has 3 atom stereocenters. The zero-order valence-corrected chi connectivity index (χ0v) is 17.8. The summed E-state index contributed by atoms with van der Waals surface area (Å²) in [5.74, 6) is -0.716. The third-order valence-electron chi connectivity index (χ3n) is 4.23. The Morgan fingerprint density at radius 1 is 1.32 bits per heavy atom. The van der Waals surface area contributed by atoms with E-state index in [1.165, 1.54) is 35.1 Å². The fourth-order valence-corrected chi connectivity index (χ4v) is 4.97. The molecule has 8 nitrogen and oxygen atoms in total. The van der Waals surface area contributed by atoms with Gasteiger partial charge in [-0.25, -0.2) is 9.59 Å². The van der Waals surface area contributed by atoms with Crippen LogP contribution in [0.2, 0.25) is 5.02 Å².